The Hall–Kier alpha value is -1.56. The Morgan fingerprint density at radius 2 is 1.42 bits per heavy atom. The van der Waals surface area contributed by atoms with Crippen LogP contribution in [0.15, 0.2) is 59.6 Å². The second-order valence-electron chi connectivity index (χ2n) is 4.12. The van der Waals surface area contributed by atoms with E-state index in [-0.39, 0.29) is 29.9 Å². The van der Waals surface area contributed by atoms with Crippen molar-refractivity contribution in [3.05, 3.63) is 60.2 Å². The van der Waals surface area contributed by atoms with E-state index in [9.17, 15) is 0 Å². The highest BCUT2D eigenvalue weighted by molar-refractivity contribution is 14.0. The van der Waals surface area contributed by atoms with Gasteiger partial charge < -0.3 is 11.5 Å². The van der Waals surface area contributed by atoms with E-state index < -0.39 is 0 Å². The van der Waals surface area contributed by atoms with Gasteiger partial charge in [0, 0.05) is 6.54 Å². The summed E-state index contributed by atoms with van der Waals surface area (Å²) in [5.41, 5.74) is 14.3. The Kier molecular flexibility index (Phi) is 6.35. The summed E-state index contributed by atoms with van der Waals surface area (Å²) in [4.78, 5) is 3.97. The predicted molar refractivity (Wildman–Crippen MR) is 91.7 cm³/mol. The lowest BCUT2D eigenvalue weighted by molar-refractivity contribution is 0.962. The predicted octanol–water partition coefficient (Wildman–Crippen LogP) is 2.79. The lowest BCUT2D eigenvalue weighted by Crippen LogP contribution is -2.23. The number of guanidine groups is 1. The average molecular weight is 367 g/mol. The van der Waals surface area contributed by atoms with Gasteiger partial charge in [0.05, 0.1) is 0 Å². The Morgan fingerprint density at radius 1 is 0.842 bits per heavy atom. The summed E-state index contributed by atoms with van der Waals surface area (Å²) in [5.74, 6) is 0.149. The molecule has 0 heterocycles. The van der Waals surface area contributed by atoms with Gasteiger partial charge in [-0.3, -0.25) is 4.99 Å². The summed E-state index contributed by atoms with van der Waals surface area (Å²) in [6.45, 7) is 0.632. The van der Waals surface area contributed by atoms with Gasteiger partial charge in [0.25, 0.3) is 0 Å². The van der Waals surface area contributed by atoms with Crippen molar-refractivity contribution < 1.29 is 0 Å². The summed E-state index contributed by atoms with van der Waals surface area (Å²) in [5, 5.41) is 0. The molecule has 0 aromatic heterocycles. The number of benzene rings is 2. The van der Waals surface area contributed by atoms with Gasteiger partial charge in [0.1, 0.15) is 0 Å². The van der Waals surface area contributed by atoms with Crippen molar-refractivity contribution in [3.63, 3.8) is 0 Å². The minimum atomic E-state index is 0. The van der Waals surface area contributed by atoms with Gasteiger partial charge in [-0.1, -0.05) is 54.6 Å². The van der Waals surface area contributed by atoms with Gasteiger partial charge in [0.2, 0.25) is 0 Å². The Balaban J connectivity index is 0.00000180. The van der Waals surface area contributed by atoms with Crippen molar-refractivity contribution in [1.82, 2.24) is 0 Å². The number of rotatable bonds is 4. The first-order chi connectivity index (χ1) is 8.75. The smallest absolute Gasteiger partial charge is 0.185 e. The summed E-state index contributed by atoms with van der Waals surface area (Å²) in [6, 6.07) is 18.8. The molecule has 3 nitrogen and oxygen atoms in total. The van der Waals surface area contributed by atoms with E-state index in [4.69, 9.17) is 11.5 Å². The molecule has 2 aromatic carbocycles. The molecule has 0 aliphatic carbocycles. The Bertz CT molecular complexity index is 517. The molecule has 0 fully saturated rings. The van der Waals surface area contributed by atoms with Crippen LogP contribution in [0.25, 0.3) is 11.1 Å². The van der Waals surface area contributed by atoms with E-state index in [0.29, 0.717) is 6.54 Å². The molecule has 4 heteroatoms. The number of hydrogen-bond acceptors (Lipinski definition) is 1. The summed E-state index contributed by atoms with van der Waals surface area (Å²) < 4.78 is 0. The van der Waals surface area contributed by atoms with E-state index in [0.717, 1.165) is 6.42 Å². The number of halogens is 1. The maximum absolute atomic E-state index is 5.28. The fourth-order valence-corrected chi connectivity index (χ4v) is 1.81. The highest BCUT2D eigenvalue weighted by atomic mass is 127. The van der Waals surface area contributed by atoms with Gasteiger partial charge in [-0.15, -0.1) is 24.0 Å². The highest BCUT2D eigenvalue weighted by Crippen LogP contribution is 2.19. The zero-order valence-electron chi connectivity index (χ0n) is 10.6. The number of hydrogen-bond donors (Lipinski definition) is 2. The van der Waals surface area contributed by atoms with Crippen molar-refractivity contribution in [2.75, 3.05) is 6.54 Å². The zero-order chi connectivity index (χ0) is 12.8. The SMILES string of the molecule is I.NC(N)=NCCc1ccc(-c2ccccc2)cc1. The number of aliphatic imine (C=N–C) groups is 1. The van der Waals surface area contributed by atoms with Crippen LogP contribution in [-0.4, -0.2) is 12.5 Å². The van der Waals surface area contributed by atoms with Crippen LogP contribution in [0.4, 0.5) is 0 Å². The molecule has 2 aromatic rings. The molecule has 0 bridgehead atoms. The second kappa shape index (κ2) is 7.78. The van der Waals surface area contributed by atoms with Crippen molar-refractivity contribution >= 4 is 29.9 Å². The van der Waals surface area contributed by atoms with Crippen LogP contribution in [-0.2, 0) is 6.42 Å². The molecule has 0 amide bonds. The van der Waals surface area contributed by atoms with Crippen LogP contribution in [0.5, 0.6) is 0 Å². The van der Waals surface area contributed by atoms with E-state index >= 15 is 0 Å². The van der Waals surface area contributed by atoms with Crippen LogP contribution in [0, 0.1) is 0 Å². The molecule has 100 valence electrons. The van der Waals surface area contributed by atoms with Crippen molar-refractivity contribution in [3.8, 4) is 11.1 Å². The van der Waals surface area contributed by atoms with Crippen molar-refractivity contribution in [1.29, 1.82) is 0 Å². The molecule has 0 spiro atoms. The van der Waals surface area contributed by atoms with Gasteiger partial charge in [-0.25, -0.2) is 0 Å². The number of nitrogens with two attached hydrogens (primary N) is 2. The molecule has 0 unspecified atom stereocenters. The lowest BCUT2D eigenvalue weighted by Gasteiger charge is -2.03. The topological polar surface area (TPSA) is 64.4 Å². The van der Waals surface area contributed by atoms with E-state index in [1.807, 2.05) is 18.2 Å². The van der Waals surface area contributed by atoms with E-state index in [1.54, 1.807) is 0 Å². The molecule has 0 atom stereocenters. The standard InChI is InChI=1S/C15H17N3.HI/c16-15(17)18-11-10-12-6-8-14(9-7-12)13-4-2-1-3-5-13;/h1-9H,10-11H2,(H4,16,17,18);1H. The second-order valence-corrected chi connectivity index (χ2v) is 4.12. The molecule has 0 aliphatic rings. The Labute approximate surface area is 130 Å². The quantitative estimate of drug-likeness (QED) is 0.496. The highest BCUT2D eigenvalue weighted by Gasteiger charge is 1.97. The molecule has 4 N–H and O–H groups in total. The summed E-state index contributed by atoms with van der Waals surface area (Å²) in [6.07, 6.45) is 0.854. The molecule has 19 heavy (non-hydrogen) atoms. The maximum Gasteiger partial charge on any atom is 0.185 e. The van der Waals surface area contributed by atoms with Gasteiger partial charge in [0.15, 0.2) is 5.96 Å². The first kappa shape index (κ1) is 15.5. The van der Waals surface area contributed by atoms with E-state index in [2.05, 4.69) is 41.4 Å². The minimum Gasteiger partial charge on any atom is -0.370 e. The molecular formula is C15H18IN3. The van der Waals surface area contributed by atoms with Crippen molar-refractivity contribution in [2.24, 2.45) is 16.5 Å². The third kappa shape index (κ3) is 4.90. The molecule has 0 saturated heterocycles. The molecule has 0 aliphatic heterocycles. The summed E-state index contributed by atoms with van der Waals surface area (Å²) >= 11 is 0. The van der Waals surface area contributed by atoms with Crippen LogP contribution in [0.2, 0.25) is 0 Å². The lowest BCUT2D eigenvalue weighted by atomic mass is 10.0. The molecule has 0 radical (unpaired) electrons. The zero-order valence-corrected chi connectivity index (χ0v) is 13.0. The first-order valence-electron chi connectivity index (χ1n) is 5.95. The minimum absolute atomic E-state index is 0. The largest absolute Gasteiger partial charge is 0.370 e. The number of nitrogens with zero attached hydrogens (tertiary/aromatic N) is 1. The van der Waals surface area contributed by atoms with Gasteiger partial charge in [-0.05, 0) is 23.1 Å². The first-order valence-corrected chi connectivity index (χ1v) is 5.95. The average Bonchev–Trinajstić information content (AvgIpc) is 2.40. The van der Waals surface area contributed by atoms with E-state index in [1.165, 1.54) is 16.7 Å². The molecule has 2 rings (SSSR count). The van der Waals surface area contributed by atoms with Crippen LogP contribution in [0.1, 0.15) is 5.56 Å². The fraction of sp³-hybridized carbons (Fsp3) is 0.133. The summed E-state index contributed by atoms with van der Waals surface area (Å²) in [7, 11) is 0. The third-order valence-corrected chi connectivity index (χ3v) is 2.76. The third-order valence-electron chi connectivity index (χ3n) is 2.76. The van der Waals surface area contributed by atoms with Gasteiger partial charge in [-0.2, -0.15) is 0 Å². The van der Waals surface area contributed by atoms with Crippen LogP contribution in [0.3, 0.4) is 0 Å². The normalized spacial score (nSPS) is 9.47. The maximum atomic E-state index is 5.28. The van der Waals surface area contributed by atoms with Crippen molar-refractivity contribution in [2.45, 2.75) is 6.42 Å². The molecular weight excluding hydrogens is 349 g/mol. The molecule has 0 saturated carbocycles. The fourth-order valence-electron chi connectivity index (χ4n) is 1.81. The Morgan fingerprint density at radius 3 is 2.00 bits per heavy atom. The van der Waals surface area contributed by atoms with Crippen LogP contribution >= 0.6 is 24.0 Å². The monoisotopic (exact) mass is 367 g/mol. The van der Waals surface area contributed by atoms with Gasteiger partial charge >= 0.3 is 0 Å². The van der Waals surface area contributed by atoms with Crippen LogP contribution < -0.4 is 11.5 Å².